The van der Waals surface area contributed by atoms with E-state index in [1.54, 1.807) is 0 Å². The first-order valence-electron chi connectivity index (χ1n) is 5.60. The van der Waals surface area contributed by atoms with E-state index >= 15 is 0 Å². The van der Waals surface area contributed by atoms with Crippen LogP contribution in [0, 0.1) is 0 Å². The summed E-state index contributed by atoms with van der Waals surface area (Å²) in [6.07, 6.45) is 3.00. The molecular weight excluding hydrogens is 224 g/mol. The van der Waals surface area contributed by atoms with Gasteiger partial charge in [-0.1, -0.05) is 11.6 Å². The van der Waals surface area contributed by atoms with Crippen LogP contribution in [0.4, 0.5) is 11.4 Å². The van der Waals surface area contributed by atoms with Gasteiger partial charge in [0.2, 0.25) is 5.91 Å². The van der Waals surface area contributed by atoms with E-state index in [9.17, 15) is 4.79 Å². The molecule has 0 unspecified atom stereocenters. The Morgan fingerprint density at radius 1 is 1.38 bits per heavy atom. The molecule has 0 bridgehead atoms. The zero-order valence-corrected chi connectivity index (χ0v) is 9.63. The van der Waals surface area contributed by atoms with E-state index in [1.807, 2.05) is 18.2 Å². The van der Waals surface area contributed by atoms with Gasteiger partial charge in [-0.2, -0.15) is 0 Å². The number of benzene rings is 1. The number of anilines is 2. The highest BCUT2D eigenvalue weighted by Gasteiger charge is 2.32. The van der Waals surface area contributed by atoms with Crippen LogP contribution in [0.25, 0.3) is 0 Å². The van der Waals surface area contributed by atoms with Crippen molar-refractivity contribution < 1.29 is 4.79 Å². The van der Waals surface area contributed by atoms with Crippen LogP contribution >= 0.6 is 11.6 Å². The Balaban J connectivity index is 2.04. The maximum absolute atomic E-state index is 11.5. The van der Waals surface area contributed by atoms with E-state index in [4.69, 9.17) is 11.6 Å². The number of hydrogen-bond donors (Lipinski definition) is 1. The molecule has 0 atom stereocenters. The monoisotopic (exact) mass is 236 g/mol. The fourth-order valence-electron chi connectivity index (χ4n) is 2.17. The van der Waals surface area contributed by atoms with E-state index in [2.05, 4.69) is 10.2 Å². The van der Waals surface area contributed by atoms with Gasteiger partial charge in [0.1, 0.15) is 0 Å². The maximum Gasteiger partial charge on any atom is 0.226 e. The third-order valence-electron chi connectivity index (χ3n) is 3.11. The highest BCUT2D eigenvalue weighted by Crippen LogP contribution is 2.38. The van der Waals surface area contributed by atoms with Crippen molar-refractivity contribution in [3.63, 3.8) is 0 Å². The number of amides is 1. The molecule has 1 aromatic carbocycles. The third kappa shape index (κ3) is 1.76. The van der Waals surface area contributed by atoms with Crippen LogP contribution in [0.5, 0.6) is 0 Å². The third-order valence-corrected chi connectivity index (χ3v) is 3.35. The molecule has 1 aliphatic carbocycles. The van der Waals surface area contributed by atoms with Crippen LogP contribution in [0.1, 0.15) is 19.3 Å². The molecule has 3 nitrogen and oxygen atoms in total. The van der Waals surface area contributed by atoms with Crippen LogP contribution in [0.3, 0.4) is 0 Å². The van der Waals surface area contributed by atoms with Crippen molar-refractivity contribution in [2.45, 2.75) is 25.3 Å². The molecule has 3 rings (SSSR count). The highest BCUT2D eigenvalue weighted by molar-refractivity contribution is 6.31. The van der Waals surface area contributed by atoms with Gasteiger partial charge in [-0.25, -0.2) is 0 Å². The molecule has 4 heteroatoms. The average Bonchev–Trinajstić information content (AvgIpc) is 3.05. The van der Waals surface area contributed by atoms with Crippen molar-refractivity contribution in [1.29, 1.82) is 0 Å². The fourth-order valence-corrected chi connectivity index (χ4v) is 2.34. The predicted octanol–water partition coefficient (Wildman–Crippen LogP) is 2.65. The van der Waals surface area contributed by atoms with Gasteiger partial charge in [0.15, 0.2) is 0 Å². The molecule has 0 aromatic heterocycles. The molecule has 2 aliphatic rings. The molecule has 16 heavy (non-hydrogen) atoms. The SMILES string of the molecule is O=C1CCN(C2CC2)c2cc(Cl)ccc2N1. The predicted molar refractivity (Wildman–Crippen MR) is 65.1 cm³/mol. The minimum atomic E-state index is 0.0896. The van der Waals surface area contributed by atoms with Gasteiger partial charge in [0.25, 0.3) is 0 Å². The summed E-state index contributed by atoms with van der Waals surface area (Å²) in [4.78, 5) is 13.9. The van der Waals surface area contributed by atoms with Gasteiger partial charge >= 0.3 is 0 Å². The van der Waals surface area contributed by atoms with Crippen molar-refractivity contribution in [2.24, 2.45) is 0 Å². The average molecular weight is 237 g/mol. The normalized spacial score (nSPS) is 20.1. The van der Waals surface area contributed by atoms with Gasteiger partial charge in [-0.15, -0.1) is 0 Å². The molecule has 0 spiro atoms. The van der Waals surface area contributed by atoms with Gasteiger partial charge in [-0.05, 0) is 31.0 Å². The van der Waals surface area contributed by atoms with Crippen LogP contribution in [0.2, 0.25) is 5.02 Å². The Bertz CT molecular complexity index is 443. The molecule has 84 valence electrons. The summed E-state index contributed by atoms with van der Waals surface area (Å²) < 4.78 is 0. The lowest BCUT2D eigenvalue weighted by molar-refractivity contribution is -0.115. The topological polar surface area (TPSA) is 32.3 Å². The lowest BCUT2D eigenvalue weighted by Gasteiger charge is -2.23. The first-order chi connectivity index (χ1) is 7.74. The summed E-state index contributed by atoms with van der Waals surface area (Å²) in [6.45, 7) is 0.795. The first kappa shape index (κ1) is 9.97. The van der Waals surface area contributed by atoms with E-state index in [0.717, 1.165) is 22.9 Å². The Hall–Kier alpha value is -1.22. The summed E-state index contributed by atoms with van der Waals surface area (Å²) in [6, 6.07) is 6.25. The smallest absolute Gasteiger partial charge is 0.226 e. The maximum atomic E-state index is 11.5. The number of halogens is 1. The molecule has 0 radical (unpaired) electrons. The molecule has 1 amide bonds. The van der Waals surface area contributed by atoms with Crippen LogP contribution in [-0.4, -0.2) is 18.5 Å². The summed E-state index contributed by atoms with van der Waals surface area (Å²) in [5.41, 5.74) is 1.96. The second kappa shape index (κ2) is 3.67. The number of nitrogens with one attached hydrogen (secondary N) is 1. The zero-order chi connectivity index (χ0) is 11.1. The largest absolute Gasteiger partial charge is 0.366 e. The van der Waals surface area contributed by atoms with Crippen molar-refractivity contribution in [3.05, 3.63) is 23.2 Å². The highest BCUT2D eigenvalue weighted by atomic mass is 35.5. The molecule has 0 saturated heterocycles. The Kier molecular flexibility index (Phi) is 2.28. The fraction of sp³-hybridized carbons (Fsp3) is 0.417. The van der Waals surface area contributed by atoms with E-state index < -0.39 is 0 Å². The van der Waals surface area contributed by atoms with Crippen LogP contribution < -0.4 is 10.2 Å². The molecule has 1 N–H and O–H groups in total. The Morgan fingerprint density at radius 3 is 2.94 bits per heavy atom. The number of hydrogen-bond acceptors (Lipinski definition) is 2. The van der Waals surface area contributed by atoms with E-state index in [-0.39, 0.29) is 5.91 Å². The molecule has 1 heterocycles. The van der Waals surface area contributed by atoms with E-state index in [0.29, 0.717) is 12.5 Å². The number of carbonyl (C=O) groups excluding carboxylic acids is 1. The number of carbonyl (C=O) groups is 1. The standard InChI is InChI=1S/C12H13ClN2O/c13-8-1-4-10-11(7-8)15(9-2-3-9)6-5-12(16)14-10/h1,4,7,9H,2-3,5-6H2,(H,14,16). The Morgan fingerprint density at radius 2 is 2.19 bits per heavy atom. The van der Waals surface area contributed by atoms with E-state index in [1.165, 1.54) is 12.8 Å². The second-order valence-electron chi connectivity index (χ2n) is 4.38. The van der Waals surface area contributed by atoms with Gasteiger partial charge in [-0.3, -0.25) is 4.79 Å². The van der Waals surface area contributed by atoms with Gasteiger partial charge in [0.05, 0.1) is 11.4 Å². The van der Waals surface area contributed by atoms with Crippen molar-refractivity contribution in [3.8, 4) is 0 Å². The number of rotatable bonds is 1. The van der Waals surface area contributed by atoms with Crippen molar-refractivity contribution in [2.75, 3.05) is 16.8 Å². The molecule has 1 aliphatic heterocycles. The van der Waals surface area contributed by atoms with Crippen molar-refractivity contribution >= 4 is 28.9 Å². The molecule has 1 saturated carbocycles. The second-order valence-corrected chi connectivity index (χ2v) is 4.82. The van der Waals surface area contributed by atoms with Crippen LogP contribution in [0.15, 0.2) is 18.2 Å². The molecular formula is C12H13ClN2O. The quantitative estimate of drug-likeness (QED) is 0.813. The summed E-state index contributed by atoms with van der Waals surface area (Å²) in [5.74, 6) is 0.0896. The Labute approximate surface area is 99.4 Å². The summed E-state index contributed by atoms with van der Waals surface area (Å²) in [5, 5.41) is 3.65. The lowest BCUT2D eigenvalue weighted by Crippen LogP contribution is -2.26. The van der Waals surface area contributed by atoms with Gasteiger partial charge in [0, 0.05) is 24.0 Å². The number of nitrogens with zero attached hydrogens (tertiary/aromatic N) is 1. The minimum absolute atomic E-state index is 0.0896. The molecule has 1 fully saturated rings. The summed E-state index contributed by atoms with van der Waals surface area (Å²) in [7, 11) is 0. The zero-order valence-electron chi connectivity index (χ0n) is 8.87. The van der Waals surface area contributed by atoms with Crippen molar-refractivity contribution in [1.82, 2.24) is 0 Å². The molecule has 1 aromatic rings. The first-order valence-corrected chi connectivity index (χ1v) is 5.98. The lowest BCUT2D eigenvalue weighted by atomic mass is 10.2. The van der Waals surface area contributed by atoms with Crippen LogP contribution in [-0.2, 0) is 4.79 Å². The van der Waals surface area contributed by atoms with Gasteiger partial charge < -0.3 is 10.2 Å². The minimum Gasteiger partial charge on any atom is -0.366 e. The number of fused-ring (bicyclic) bond motifs is 1. The summed E-state index contributed by atoms with van der Waals surface area (Å²) >= 11 is 6.02.